The van der Waals surface area contributed by atoms with Gasteiger partial charge >= 0.3 is 6.09 Å². The van der Waals surface area contributed by atoms with Crippen molar-refractivity contribution in [2.75, 3.05) is 7.05 Å². The first kappa shape index (κ1) is 17.6. The topological polar surface area (TPSA) is 65.7 Å². The molecule has 5 nitrogen and oxygen atoms in total. The van der Waals surface area contributed by atoms with Crippen LogP contribution in [0.5, 0.6) is 0 Å². The van der Waals surface area contributed by atoms with E-state index in [2.05, 4.69) is 9.99 Å². The smallest absolute Gasteiger partial charge is 0.297 e. The Labute approximate surface area is 125 Å². The molecule has 0 spiro atoms. The van der Waals surface area contributed by atoms with Gasteiger partial charge in [-0.15, -0.1) is 0 Å². The molecular weight excluding hydrogens is 321 g/mol. The fraction of sp³-hybridized carbons (Fsp3) is 0.667. The van der Waals surface area contributed by atoms with Crippen molar-refractivity contribution in [2.45, 2.75) is 23.9 Å². The summed E-state index contributed by atoms with van der Waals surface area (Å²) >= 11 is 17.1. The molecule has 0 heterocycles. The normalized spacial score (nSPS) is 12.9. The Bertz CT molecular complexity index is 387. The van der Waals surface area contributed by atoms with Crippen LogP contribution in [0.25, 0.3) is 0 Å². The predicted octanol–water partition coefficient (Wildman–Crippen LogP) is 3.96. The van der Waals surface area contributed by atoms with Gasteiger partial charge in [-0.2, -0.15) is 5.26 Å². The summed E-state index contributed by atoms with van der Waals surface area (Å²) in [6, 6.07) is 2.03. The van der Waals surface area contributed by atoms with E-state index in [0.717, 1.165) is 4.31 Å². The highest BCUT2D eigenvalue weighted by Gasteiger charge is 2.28. The fourth-order valence-electron chi connectivity index (χ4n) is 0.553. The summed E-state index contributed by atoms with van der Waals surface area (Å²) in [6.45, 7) is 4.89. The SMILES string of the molecule is CC(=NOC(=O)N(C)SC(Cl)(Cl)Cl)C(C)(C)C#N. The Morgan fingerprint density at radius 2 is 1.94 bits per heavy atom. The summed E-state index contributed by atoms with van der Waals surface area (Å²) in [4.78, 5) is 16.1. The van der Waals surface area contributed by atoms with Crippen LogP contribution in [-0.4, -0.2) is 26.3 Å². The fourth-order valence-corrected chi connectivity index (χ4v) is 1.90. The first-order chi connectivity index (χ1) is 7.99. The third-order valence-corrected chi connectivity index (χ3v) is 3.19. The summed E-state index contributed by atoms with van der Waals surface area (Å²) in [6.07, 6.45) is -0.806. The number of hydrogen-bond donors (Lipinski definition) is 0. The zero-order valence-electron chi connectivity index (χ0n) is 10.2. The molecule has 0 rings (SSSR count). The van der Waals surface area contributed by atoms with Crippen molar-refractivity contribution in [3.8, 4) is 6.07 Å². The molecule has 0 unspecified atom stereocenters. The molecule has 0 radical (unpaired) electrons. The number of amides is 1. The molecule has 0 aliphatic rings. The largest absolute Gasteiger partial charge is 0.445 e. The van der Waals surface area contributed by atoms with Crippen LogP contribution >= 0.6 is 46.8 Å². The number of nitrogens with zero attached hydrogens (tertiary/aromatic N) is 3. The molecule has 0 atom stereocenters. The standard InChI is InChI=1S/C9H12Cl3N3O2S/c1-6(8(2,3)5-13)14-17-7(16)15(4)18-9(10,11)12/h1-4H3. The van der Waals surface area contributed by atoms with Gasteiger partial charge in [0.2, 0.25) is 0 Å². The molecule has 0 saturated carbocycles. The van der Waals surface area contributed by atoms with Crippen molar-refractivity contribution in [1.29, 1.82) is 5.26 Å². The number of rotatable bonds is 3. The van der Waals surface area contributed by atoms with E-state index in [-0.39, 0.29) is 0 Å². The van der Waals surface area contributed by atoms with E-state index >= 15 is 0 Å². The number of hydrogen-bond acceptors (Lipinski definition) is 5. The van der Waals surface area contributed by atoms with Gasteiger partial charge in [-0.05, 0) is 20.8 Å². The van der Waals surface area contributed by atoms with Gasteiger partial charge in [0.25, 0.3) is 3.12 Å². The predicted molar refractivity (Wildman–Crippen MR) is 74.6 cm³/mol. The Morgan fingerprint density at radius 1 is 1.44 bits per heavy atom. The maximum absolute atomic E-state index is 11.5. The zero-order chi connectivity index (χ0) is 14.6. The van der Waals surface area contributed by atoms with Crippen molar-refractivity contribution in [1.82, 2.24) is 4.31 Å². The first-order valence-corrected chi connectivity index (χ1v) is 6.57. The van der Waals surface area contributed by atoms with E-state index in [1.165, 1.54) is 7.05 Å². The Balaban J connectivity index is 4.53. The second-order valence-electron chi connectivity index (χ2n) is 3.81. The van der Waals surface area contributed by atoms with Crippen LogP contribution in [0.1, 0.15) is 20.8 Å². The van der Waals surface area contributed by atoms with Gasteiger partial charge in [0.1, 0.15) is 0 Å². The van der Waals surface area contributed by atoms with Gasteiger partial charge in [-0.3, -0.25) is 4.84 Å². The molecule has 0 fully saturated rings. The van der Waals surface area contributed by atoms with Gasteiger partial charge in [0.15, 0.2) is 0 Å². The van der Waals surface area contributed by atoms with Crippen LogP contribution in [0, 0.1) is 16.7 Å². The molecule has 0 saturated heterocycles. The number of halogens is 3. The average molecular weight is 333 g/mol. The lowest BCUT2D eigenvalue weighted by atomic mass is 9.91. The second-order valence-corrected chi connectivity index (χ2v) is 8.10. The van der Waals surface area contributed by atoms with E-state index in [4.69, 9.17) is 40.1 Å². The molecule has 9 heteroatoms. The molecule has 102 valence electrons. The Kier molecular flexibility index (Phi) is 6.58. The maximum atomic E-state index is 11.5. The molecule has 0 aliphatic heterocycles. The lowest BCUT2D eigenvalue weighted by molar-refractivity contribution is 0.136. The summed E-state index contributed by atoms with van der Waals surface area (Å²) in [5.41, 5.74) is -0.452. The number of oxime groups is 1. The van der Waals surface area contributed by atoms with Gasteiger partial charge < -0.3 is 0 Å². The van der Waals surface area contributed by atoms with Crippen molar-refractivity contribution < 1.29 is 9.63 Å². The van der Waals surface area contributed by atoms with Crippen LogP contribution in [0.2, 0.25) is 0 Å². The van der Waals surface area contributed by atoms with Gasteiger partial charge in [-0.25, -0.2) is 9.10 Å². The molecule has 0 N–H and O–H groups in total. The highest BCUT2D eigenvalue weighted by atomic mass is 35.6. The van der Waals surface area contributed by atoms with Gasteiger partial charge in [0, 0.05) is 19.0 Å². The quantitative estimate of drug-likeness (QED) is 0.258. The minimum absolute atomic E-state index is 0.366. The van der Waals surface area contributed by atoms with E-state index in [1.54, 1.807) is 20.8 Å². The third kappa shape index (κ3) is 6.55. The molecule has 18 heavy (non-hydrogen) atoms. The van der Waals surface area contributed by atoms with E-state index in [0.29, 0.717) is 17.7 Å². The Morgan fingerprint density at radius 3 is 2.33 bits per heavy atom. The van der Waals surface area contributed by atoms with Crippen LogP contribution in [0.4, 0.5) is 4.79 Å². The molecule has 0 aromatic carbocycles. The van der Waals surface area contributed by atoms with Crippen LogP contribution in [-0.2, 0) is 4.84 Å². The van der Waals surface area contributed by atoms with Crippen molar-refractivity contribution in [3.05, 3.63) is 0 Å². The van der Waals surface area contributed by atoms with Crippen molar-refractivity contribution >= 4 is 58.6 Å². The van der Waals surface area contributed by atoms with E-state index < -0.39 is 14.6 Å². The van der Waals surface area contributed by atoms with E-state index in [1.807, 2.05) is 6.07 Å². The maximum Gasteiger partial charge on any atom is 0.445 e. The lowest BCUT2D eigenvalue weighted by Gasteiger charge is -2.18. The molecule has 0 bridgehead atoms. The summed E-state index contributed by atoms with van der Waals surface area (Å²) in [5.74, 6) is 0. The minimum atomic E-state index is -1.67. The second kappa shape index (κ2) is 6.71. The van der Waals surface area contributed by atoms with Gasteiger partial charge in [0.05, 0.1) is 17.2 Å². The number of nitriles is 1. The Hall–Kier alpha value is -0.350. The number of carbonyl (C=O) groups excluding carboxylic acids is 1. The molecule has 0 aromatic heterocycles. The van der Waals surface area contributed by atoms with Crippen LogP contribution in [0.15, 0.2) is 5.16 Å². The monoisotopic (exact) mass is 331 g/mol. The number of alkyl halides is 3. The van der Waals surface area contributed by atoms with Crippen LogP contribution in [0.3, 0.4) is 0 Å². The average Bonchev–Trinajstić information content (AvgIpc) is 2.22. The van der Waals surface area contributed by atoms with Crippen molar-refractivity contribution in [2.24, 2.45) is 10.6 Å². The van der Waals surface area contributed by atoms with Crippen molar-refractivity contribution in [3.63, 3.8) is 0 Å². The van der Waals surface area contributed by atoms with Gasteiger partial charge in [-0.1, -0.05) is 40.0 Å². The first-order valence-electron chi connectivity index (χ1n) is 4.66. The molecule has 0 aromatic rings. The third-order valence-electron chi connectivity index (χ3n) is 1.94. The summed E-state index contributed by atoms with van der Waals surface area (Å²) < 4.78 is -0.679. The zero-order valence-corrected chi connectivity index (χ0v) is 13.3. The summed E-state index contributed by atoms with van der Waals surface area (Å²) in [5, 5.41) is 12.4. The highest BCUT2D eigenvalue weighted by Crippen LogP contribution is 2.40. The summed E-state index contributed by atoms with van der Waals surface area (Å²) in [7, 11) is 1.37. The minimum Gasteiger partial charge on any atom is -0.297 e. The van der Waals surface area contributed by atoms with Crippen LogP contribution < -0.4 is 0 Å². The number of carbonyl (C=O) groups is 1. The molecular formula is C9H12Cl3N3O2S. The molecule has 0 aliphatic carbocycles. The lowest BCUT2D eigenvalue weighted by Crippen LogP contribution is -2.24. The van der Waals surface area contributed by atoms with E-state index in [9.17, 15) is 4.79 Å². The highest BCUT2D eigenvalue weighted by molar-refractivity contribution is 8.03. The molecule has 1 amide bonds.